The molecule has 4 nitrogen and oxygen atoms in total. The molecule has 0 radical (unpaired) electrons. The lowest BCUT2D eigenvalue weighted by molar-refractivity contribution is -0.141. The number of hydrogen-bond donors (Lipinski definition) is 0. The van der Waals surface area contributed by atoms with Crippen LogP contribution in [-0.2, 0) is 9.53 Å². The van der Waals surface area contributed by atoms with Gasteiger partial charge in [0.15, 0.2) is 0 Å². The van der Waals surface area contributed by atoms with Gasteiger partial charge >= 0.3 is 5.97 Å². The van der Waals surface area contributed by atoms with Crippen LogP contribution in [-0.4, -0.2) is 28.8 Å². The number of hydrogen-bond acceptors (Lipinski definition) is 5. The minimum absolute atomic E-state index is 0.0988. The molecule has 0 atom stereocenters. The molecule has 0 aromatic carbocycles. The van der Waals surface area contributed by atoms with Gasteiger partial charge < -0.3 is 4.74 Å². The van der Waals surface area contributed by atoms with Gasteiger partial charge in [0.2, 0.25) is 0 Å². The molecule has 0 bridgehead atoms. The zero-order valence-corrected chi connectivity index (χ0v) is 12.0. The predicted molar refractivity (Wildman–Crippen MR) is 70.8 cm³/mol. The summed E-state index contributed by atoms with van der Waals surface area (Å²) < 4.78 is 4.73. The largest absolute Gasteiger partial charge is 0.469 e. The number of thioether (sulfide) groups is 1. The average molecular weight is 287 g/mol. The van der Waals surface area contributed by atoms with E-state index in [2.05, 4.69) is 9.97 Å². The third-order valence-electron chi connectivity index (χ3n) is 3.20. The number of ether oxygens (including phenoxy) is 1. The average Bonchev–Trinajstić information content (AvgIpc) is 3.11. The molecule has 1 aliphatic rings. The fourth-order valence-corrected chi connectivity index (χ4v) is 3.17. The van der Waals surface area contributed by atoms with Gasteiger partial charge in [-0.25, -0.2) is 9.97 Å². The number of nitrogens with zero attached hydrogens (tertiary/aromatic N) is 2. The van der Waals surface area contributed by atoms with Gasteiger partial charge in [-0.1, -0.05) is 11.6 Å². The van der Waals surface area contributed by atoms with Gasteiger partial charge in [-0.05, 0) is 25.2 Å². The summed E-state index contributed by atoms with van der Waals surface area (Å²) in [6.07, 6.45) is 4.12. The van der Waals surface area contributed by atoms with Crippen molar-refractivity contribution in [1.82, 2.24) is 9.97 Å². The van der Waals surface area contributed by atoms with Crippen molar-refractivity contribution in [2.24, 2.45) is 5.41 Å². The molecule has 1 saturated carbocycles. The summed E-state index contributed by atoms with van der Waals surface area (Å²) in [4.78, 5) is 19.5. The van der Waals surface area contributed by atoms with Gasteiger partial charge in [-0.2, -0.15) is 0 Å². The third kappa shape index (κ3) is 3.14. The van der Waals surface area contributed by atoms with Crippen LogP contribution in [0.3, 0.4) is 0 Å². The zero-order valence-electron chi connectivity index (χ0n) is 10.4. The van der Waals surface area contributed by atoms with E-state index in [1.54, 1.807) is 11.8 Å². The zero-order chi connectivity index (χ0) is 13.2. The van der Waals surface area contributed by atoms with Crippen LogP contribution in [0.25, 0.3) is 0 Å². The number of rotatable bonds is 5. The number of carbonyl (C=O) groups excluding carboxylic acids is 1. The van der Waals surface area contributed by atoms with Crippen molar-refractivity contribution in [3.8, 4) is 0 Å². The predicted octanol–water partition coefficient (Wildman–Crippen LogP) is 2.87. The molecule has 2 rings (SSSR count). The maximum atomic E-state index is 11.3. The van der Waals surface area contributed by atoms with Crippen LogP contribution in [0, 0.1) is 12.3 Å². The van der Waals surface area contributed by atoms with Crippen LogP contribution in [0.5, 0.6) is 0 Å². The normalized spacial score (nSPS) is 16.4. The Kier molecular flexibility index (Phi) is 4.12. The molecule has 0 aliphatic heterocycles. The number of methoxy groups -OCH3 is 1. The molecule has 0 N–H and O–H groups in total. The van der Waals surface area contributed by atoms with Gasteiger partial charge in [0.05, 0.1) is 13.5 Å². The molecule has 18 heavy (non-hydrogen) atoms. The second-order valence-corrected chi connectivity index (χ2v) is 5.96. The van der Waals surface area contributed by atoms with E-state index in [0.717, 1.165) is 29.2 Å². The second kappa shape index (κ2) is 5.45. The van der Waals surface area contributed by atoms with E-state index in [4.69, 9.17) is 16.3 Å². The number of esters is 1. The first-order valence-electron chi connectivity index (χ1n) is 5.73. The first-order chi connectivity index (χ1) is 8.56. The quantitative estimate of drug-likeness (QED) is 0.473. The lowest BCUT2D eigenvalue weighted by Gasteiger charge is -2.13. The fraction of sp³-hybridized carbons (Fsp3) is 0.583. The van der Waals surface area contributed by atoms with Crippen molar-refractivity contribution in [2.75, 3.05) is 12.9 Å². The van der Waals surface area contributed by atoms with E-state index in [1.807, 2.05) is 6.92 Å². The highest BCUT2D eigenvalue weighted by Gasteiger charge is 2.44. The Hall–Kier alpha value is -0.810. The lowest BCUT2D eigenvalue weighted by Crippen LogP contribution is -2.13. The smallest absolute Gasteiger partial charge is 0.306 e. The van der Waals surface area contributed by atoms with Gasteiger partial charge in [0.25, 0.3) is 0 Å². The summed E-state index contributed by atoms with van der Waals surface area (Å²) in [6.45, 7) is 1.91. The molecule has 98 valence electrons. The highest BCUT2D eigenvalue weighted by molar-refractivity contribution is 7.99. The molecular weight excluding hydrogens is 272 g/mol. The molecular formula is C12H15ClN2O2S. The molecule has 0 spiro atoms. The summed E-state index contributed by atoms with van der Waals surface area (Å²) in [6, 6.07) is 0. The monoisotopic (exact) mass is 286 g/mol. The first kappa shape index (κ1) is 13.6. The molecule has 0 unspecified atom stereocenters. The Morgan fingerprint density at radius 3 is 2.89 bits per heavy atom. The second-order valence-electron chi connectivity index (χ2n) is 4.64. The molecule has 1 fully saturated rings. The van der Waals surface area contributed by atoms with E-state index >= 15 is 0 Å². The molecule has 0 amide bonds. The summed E-state index contributed by atoms with van der Waals surface area (Å²) in [5.41, 5.74) is 1.000. The molecule has 6 heteroatoms. The molecule has 1 heterocycles. The first-order valence-corrected chi connectivity index (χ1v) is 7.09. The Balaban J connectivity index is 1.95. The van der Waals surface area contributed by atoms with Crippen LogP contribution in [0.1, 0.15) is 24.8 Å². The SMILES string of the molecule is COC(=O)CC1(CSc2ncnc(Cl)c2C)CC1. The third-order valence-corrected chi connectivity index (χ3v) is 5.02. The van der Waals surface area contributed by atoms with E-state index in [-0.39, 0.29) is 11.4 Å². The van der Waals surface area contributed by atoms with Gasteiger partial charge in [0.1, 0.15) is 16.5 Å². The number of carbonyl (C=O) groups is 1. The van der Waals surface area contributed by atoms with Crippen LogP contribution in [0.4, 0.5) is 0 Å². The Morgan fingerprint density at radius 2 is 2.28 bits per heavy atom. The van der Waals surface area contributed by atoms with Crippen molar-refractivity contribution >= 4 is 29.3 Å². The van der Waals surface area contributed by atoms with E-state index < -0.39 is 0 Å². The van der Waals surface area contributed by atoms with Crippen LogP contribution in [0.15, 0.2) is 11.4 Å². The summed E-state index contributed by atoms with van der Waals surface area (Å²) >= 11 is 7.59. The summed E-state index contributed by atoms with van der Waals surface area (Å²) in [5.74, 6) is 0.738. The van der Waals surface area contributed by atoms with E-state index in [9.17, 15) is 4.79 Å². The fourth-order valence-electron chi connectivity index (χ4n) is 1.71. The van der Waals surface area contributed by atoms with Gasteiger partial charge in [-0.15, -0.1) is 11.8 Å². The Morgan fingerprint density at radius 1 is 1.56 bits per heavy atom. The molecule has 0 saturated heterocycles. The van der Waals surface area contributed by atoms with Crippen LogP contribution < -0.4 is 0 Å². The molecule has 1 aromatic heterocycles. The summed E-state index contributed by atoms with van der Waals surface area (Å²) in [7, 11) is 1.43. The maximum absolute atomic E-state index is 11.3. The standard InChI is InChI=1S/C12H15ClN2O2S/c1-8-10(13)14-7-15-11(8)18-6-12(3-4-12)5-9(16)17-2/h7H,3-6H2,1-2H3. The lowest BCUT2D eigenvalue weighted by atomic mass is 10.1. The molecule has 1 aliphatic carbocycles. The van der Waals surface area contributed by atoms with Crippen molar-refractivity contribution in [3.63, 3.8) is 0 Å². The highest BCUT2D eigenvalue weighted by Crippen LogP contribution is 2.52. The van der Waals surface area contributed by atoms with Crippen LogP contribution >= 0.6 is 23.4 Å². The topological polar surface area (TPSA) is 52.1 Å². The van der Waals surface area contributed by atoms with E-state index in [0.29, 0.717) is 11.6 Å². The minimum Gasteiger partial charge on any atom is -0.469 e. The summed E-state index contributed by atoms with van der Waals surface area (Å²) in [5, 5.41) is 1.39. The number of aromatic nitrogens is 2. The van der Waals surface area contributed by atoms with Gasteiger partial charge in [-0.3, -0.25) is 4.79 Å². The van der Waals surface area contributed by atoms with Crippen LogP contribution in [0.2, 0.25) is 5.15 Å². The molecule has 1 aromatic rings. The van der Waals surface area contributed by atoms with Crippen molar-refractivity contribution in [3.05, 3.63) is 17.0 Å². The Labute approximate surface area is 115 Å². The maximum Gasteiger partial charge on any atom is 0.306 e. The van der Waals surface area contributed by atoms with Crippen molar-refractivity contribution < 1.29 is 9.53 Å². The minimum atomic E-state index is -0.134. The van der Waals surface area contributed by atoms with Crippen molar-refractivity contribution in [2.45, 2.75) is 31.2 Å². The Bertz CT molecular complexity index is 463. The number of halogens is 1. The van der Waals surface area contributed by atoms with E-state index in [1.165, 1.54) is 13.4 Å². The highest BCUT2D eigenvalue weighted by atomic mass is 35.5. The van der Waals surface area contributed by atoms with Crippen molar-refractivity contribution in [1.29, 1.82) is 0 Å². The van der Waals surface area contributed by atoms with Gasteiger partial charge in [0, 0.05) is 11.3 Å².